The summed E-state index contributed by atoms with van der Waals surface area (Å²) in [5.74, 6) is -4.73. The summed E-state index contributed by atoms with van der Waals surface area (Å²) in [5.41, 5.74) is 21.5. The highest BCUT2D eigenvalue weighted by molar-refractivity contribution is 5.94. The van der Waals surface area contributed by atoms with Crippen LogP contribution in [0.1, 0.15) is 53.4 Å². The average molecular weight is 501 g/mol. The highest BCUT2D eigenvalue weighted by atomic mass is 16.4. The number of carbonyl (C=O) groups is 5. The number of nitrogens with two attached hydrogens (primary N) is 4. The molecular formula is C21H40N8O6. The second kappa shape index (κ2) is 15.5. The summed E-state index contributed by atoms with van der Waals surface area (Å²) in [4.78, 5) is 64.6. The molecule has 0 rings (SSSR count). The number of rotatable bonds is 16. The molecule has 0 aliphatic heterocycles. The van der Waals surface area contributed by atoms with Crippen molar-refractivity contribution in [1.29, 1.82) is 0 Å². The largest absolute Gasteiger partial charge is 0.480 e. The van der Waals surface area contributed by atoms with Crippen molar-refractivity contribution in [3.63, 3.8) is 0 Å². The van der Waals surface area contributed by atoms with Gasteiger partial charge in [-0.05, 0) is 31.1 Å². The van der Waals surface area contributed by atoms with Gasteiger partial charge < -0.3 is 44.0 Å². The van der Waals surface area contributed by atoms with Gasteiger partial charge in [-0.1, -0.05) is 27.7 Å². The molecule has 0 spiro atoms. The quantitative estimate of drug-likeness (QED) is 0.0631. The second-order valence-corrected chi connectivity index (χ2v) is 8.91. The van der Waals surface area contributed by atoms with Gasteiger partial charge in [-0.25, -0.2) is 4.79 Å². The number of carboxylic acid groups (broad SMARTS) is 1. The molecule has 0 saturated carbocycles. The Hall–Kier alpha value is -3.42. The molecule has 12 N–H and O–H groups in total. The van der Waals surface area contributed by atoms with Gasteiger partial charge in [-0.15, -0.1) is 0 Å². The fraction of sp³-hybridized carbons (Fsp3) is 0.714. The lowest BCUT2D eigenvalue weighted by molar-refractivity contribution is -0.143. The van der Waals surface area contributed by atoms with Crippen molar-refractivity contribution in [2.75, 3.05) is 6.54 Å². The Morgan fingerprint density at radius 3 is 1.83 bits per heavy atom. The highest BCUT2D eigenvalue weighted by Crippen LogP contribution is 2.08. The van der Waals surface area contributed by atoms with Gasteiger partial charge in [0.15, 0.2) is 5.96 Å². The Morgan fingerprint density at radius 1 is 0.800 bits per heavy atom. The van der Waals surface area contributed by atoms with E-state index >= 15 is 0 Å². The summed E-state index contributed by atoms with van der Waals surface area (Å²) >= 11 is 0. The maximum atomic E-state index is 13.0. The zero-order valence-electron chi connectivity index (χ0n) is 20.7. The van der Waals surface area contributed by atoms with Crippen LogP contribution in [0.5, 0.6) is 0 Å². The van der Waals surface area contributed by atoms with E-state index in [1.54, 1.807) is 27.7 Å². The first-order valence-electron chi connectivity index (χ1n) is 11.4. The smallest absolute Gasteiger partial charge is 0.326 e. The third-order valence-corrected chi connectivity index (χ3v) is 5.14. The number of amides is 4. The highest BCUT2D eigenvalue weighted by Gasteiger charge is 2.32. The van der Waals surface area contributed by atoms with Crippen LogP contribution in [0.4, 0.5) is 0 Å². The Morgan fingerprint density at radius 2 is 1.37 bits per heavy atom. The van der Waals surface area contributed by atoms with E-state index in [1.807, 2.05) is 0 Å². The normalized spacial score (nSPS) is 14.4. The van der Waals surface area contributed by atoms with Crippen molar-refractivity contribution in [2.45, 2.75) is 77.5 Å². The molecule has 0 saturated heterocycles. The first-order chi connectivity index (χ1) is 16.2. The van der Waals surface area contributed by atoms with Crippen LogP contribution in [0.3, 0.4) is 0 Å². The van der Waals surface area contributed by atoms with Gasteiger partial charge in [0.25, 0.3) is 0 Å². The van der Waals surface area contributed by atoms with E-state index in [4.69, 9.17) is 22.9 Å². The third-order valence-electron chi connectivity index (χ3n) is 5.14. The molecule has 14 nitrogen and oxygen atoms in total. The van der Waals surface area contributed by atoms with Crippen molar-refractivity contribution in [2.24, 2.45) is 39.8 Å². The molecule has 4 atom stereocenters. The molecule has 0 aliphatic carbocycles. The van der Waals surface area contributed by atoms with Crippen molar-refractivity contribution in [3.8, 4) is 0 Å². The average Bonchev–Trinajstić information content (AvgIpc) is 2.74. The van der Waals surface area contributed by atoms with Gasteiger partial charge in [0.1, 0.15) is 18.1 Å². The number of nitrogens with zero attached hydrogens (tertiary/aromatic N) is 1. The van der Waals surface area contributed by atoms with Crippen LogP contribution >= 0.6 is 0 Å². The molecule has 0 aromatic carbocycles. The number of aliphatic carboxylic acids is 1. The van der Waals surface area contributed by atoms with E-state index in [0.29, 0.717) is 6.42 Å². The molecule has 200 valence electrons. The number of primary amides is 1. The van der Waals surface area contributed by atoms with E-state index in [-0.39, 0.29) is 37.7 Å². The Kier molecular flexibility index (Phi) is 14.0. The number of carboxylic acids is 1. The molecule has 0 bridgehead atoms. The van der Waals surface area contributed by atoms with Crippen LogP contribution in [0.2, 0.25) is 0 Å². The van der Waals surface area contributed by atoms with Crippen molar-refractivity contribution in [1.82, 2.24) is 16.0 Å². The summed E-state index contributed by atoms with van der Waals surface area (Å²) in [7, 11) is 0. The first-order valence-corrected chi connectivity index (χ1v) is 11.4. The van der Waals surface area contributed by atoms with Gasteiger partial charge in [0.05, 0.1) is 6.04 Å². The van der Waals surface area contributed by atoms with Crippen LogP contribution in [-0.2, 0) is 24.0 Å². The zero-order valence-corrected chi connectivity index (χ0v) is 20.7. The Bertz CT molecular complexity index is 782. The standard InChI is InChI=1S/C21H40N8O6/c1-10(2)15(23)18(32)27-12(6-5-9-26-21(24)25)17(31)29-16(11(3)4)19(33)28-13(20(34)35)7-8-14(22)30/h10-13,15-16H,5-9,23H2,1-4H3,(H2,22,30)(H,27,32)(H,28,33)(H,29,31)(H,34,35)(H4,24,25,26). The van der Waals surface area contributed by atoms with Crippen LogP contribution in [0.15, 0.2) is 4.99 Å². The minimum atomic E-state index is -1.37. The second-order valence-electron chi connectivity index (χ2n) is 8.91. The van der Waals surface area contributed by atoms with E-state index in [9.17, 15) is 29.1 Å². The molecule has 4 unspecified atom stereocenters. The summed E-state index contributed by atoms with van der Waals surface area (Å²) in [6.07, 6.45) is 0.0591. The number of hydrogen-bond donors (Lipinski definition) is 8. The van der Waals surface area contributed by atoms with Crippen LogP contribution < -0.4 is 38.9 Å². The SMILES string of the molecule is CC(C)C(N)C(=O)NC(CCCN=C(N)N)C(=O)NC(C(=O)NC(CCC(N)=O)C(=O)O)C(C)C. The minimum absolute atomic E-state index is 0.113. The van der Waals surface area contributed by atoms with E-state index in [0.717, 1.165) is 0 Å². The predicted octanol–water partition coefficient (Wildman–Crippen LogP) is -2.52. The van der Waals surface area contributed by atoms with Gasteiger partial charge >= 0.3 is 5.97 Å². The number of carbonyl (C=O) groups excluding carboxylic acids is 4. The predicted molar refractivity (Wildman–Crippen MR) is 129 cm³/mol. The summed E-state index contributed by atoms with van der Waals surface area (Å²) in [6, 6.07) is -4.38. The van der Waals surface area contributed by atoms with E-state index in [1.165, 1.54) is 0 Å². The molecule has 35 heavy (non-hydrogen) atoms. The Balaban J connectivity index is 5.52. The summed E-state index contributed by atoms with van der Waals surface area (Å²) < 4.78 is 0. The lowest BCUT2D eigenvalue weighted by Crippen LogP contribution is -2.58. The molecule has 0 heterocycles. The minimum Gasteiger partial charge on any atom is -0.480 e. The lowest BCUT2D eigenvalue weighted by atomic mass is 10.0. The molecule has 14 heteroatoms. The third kappa shape index (κ3) is 12.6. The maximum Gasteiger partial charge on any atom is 0.326 e. The van der Waals surface area contributed by atoms with E-state index < -0.39 is 59.7 Å². The van der Waals surface area contributed by atoms with Crippen molar-refractivity contribution < 1.29 is 29.1 Å². The van der Waals surface area contributed by atoms with Crippen LogP contribution in [0.25, 0.3) is 0 Å². The van der Waals surface area contributed by atoms with Crippen LogP contribution in [0, 0.1) is 11.8 Å². The molecule has 0 fully saturated rings. The summed E-state index contributed by atoms with van der Waals surface area (Å²) in [5, 5.41) is 16.8. The van der Waals surface area contributed by atoms with Crippen molar-refractivity contribution in [3.05, 3.63) is 0 Å². The molecule has 0 aromatic heterocycles. The monoisotopic (exact) mass is 500 g/mol. The fourth-order valence-electron chi connectivity index (χ4n) is 2.94. The molecule has 0 aliphatic rings. The van der Waals surface area contributed by atoms with Gasteiger partial charge in [-0.2, -0.15) is 0 Å². The lowest BCUT2D eigenvalue weighted by Gasteiger charge is -2.27. The fourth-order valence-corrected chi connectivity index (χ4v) is 2.94. The summed E-state index contributed by atoms with van der Waals surface area (Å²) in [6.45, 7) is 7.05. The van der Waals surface area contributed by atoms with Crippen LogP contribution in [-0.4, -0.2) is 71.4 Å². The van der Waals surface area contributed by atoms with Crippen molar-refractivity contribution >= 4 is 35.6 Å². The topological polar surface area (TPSA) is 258 Å². The molecule has 0 radical (unpaired) electrons. The van der Waals surface area contributed by atoms with Gasteiger partial charge in [0, 0.05) is 13.0 Å². The Labute approximate surface area is 205 Å². The molecular weight excluding hydrogens is 460 g/mol. The first kappa shape index (κ1) is 31.6. The van der Waals surface area contributed by atoms with E-state index in [2.05, 4.69) is 20.9 Å². The number of nitrogens with one attached hydrogen (secondary N) is 3. The maximum absolute atomic E-state index is 13.0. The number of aliphatic imine (C=N–C) groups is 1. The number of hydrogen-bond acceptors (Lipinski definition) is 7. The zero-order chi connectivity index (χ0) is 27.3. The molecule has 0 aromatic rings. The van der Waals surface area contributed by atoms with Gasteiger partial charge in [0.2, 0.25) is 23.6 Å². The van der Waals surface area contributed by atoms with Gasteiger partial charge in [-0.3, -0.25) is 24.2 Å². The number of guanidine groups is 1. The molecule has 4 amide bonds.